The van der Waals surface area contributed by atoms with Crippen LogP contribution in [0.5, 0.6) is 0 Å². The lowest BCUT2D eigenvalue weighted by atomic mass is 10.2. The van der Waals surface area contributed by atoms with E-state index >= 15 is 0 Å². The number of carboxylic acid groups (broad SMARTS) is 1. The molecule has 0 bridgehead atoms. The molecule has 2 rings (SSSR count). The van der Waals surface area contributed by atoms with Crippen LogP contribution < -0.4 is 10.6 Å². The quantitative estimate of drug-likeness (QED) is 0.793. The summed E-state index contributed by atoms with van der Waals surface area (Å²) in [6.07, 6.45) is 0. The van der Waals surface area contributed by atoms with Crippen LogP contribution in [-0.2, 0) is 4.79 Å². The van der Waals surface area contributed by atoms with Gasteiger partial charge in [-0.2, -0.15) is 0 Å². The van der Waals surface area contributed by atoms with E-state index in [1.807, 2.05) is 0 Å². The Morgan fingerprint density at radius 3 is 2.10 bits per heavy atom. The maximum Gasteiger partial charge on any atom is 0.335 e. The van der Waals surface area contributed by atoms with Crippen LogP contribution in [-0.4, -0.2) is 23.5 Å². The average molecular weight is 305 g/mol. The Kier molecular flexibility index (Phi) is 4.79. The number of hydrogen-bond acceptors (Lipinski definition) is 3. The SMILES string of the molecule is O=C(CNc1ccc(Cl)cc1)Nc1ccc(C(=O)O)cc1. The molecule has 0 aromatic heterocycles. The number of hydrogen-bond donors (Lipinski definition) is 3. The van der Waals surface area contributed by atoms with Gasteiger partial charge >= 0.3 is 5.97 Å². The number of carbonyl (C=O) groups is 2. The fourth-order valence-corrected chi connectivity index (χ4v) is 1.78. The van der Waals surface area contributed by atoms with Gasteiger partial charge in [0.05, 0.1) is 12.1 Å². The van der Waals surface area contributed by atoms with Crippen molar-refractivity contribution >= 4 is 34.9 Å². The molecule has 0 aliphatic rings. The normalized spacial score (nSPS) is 9.95. The maximum absolute atomic E-state index is 11.8. The van der Waals surface area contributed by atoms with Crippen molar-refractivity contribution < 1.29 is 14.7 Å². The molecule has 0 fully saturated rings. The van der Waals surface area contributed by atoms with Gasteiger partial charge in [-0.05, 0) is 48.5 Å². The summed E-state index contributed by atoms with van der Waals surface area (Å²) in [6.45, 7) is 0.0995. The van der Waals surface area contributed by atoms with Crippen LogP contribution >= 0.6 is 11.6 Å². The van der Waals surface area contributed by atoms with Gasteiger partial charge in [0.15, 0.2) is 0 Å². The molecule has 108 valence electrons. The Morgan fingerprint density at radius 2 is 1.52 bits per heavy atom. The predicted octanol–water partition coefficient (Wildman–Crippen LogP) is 3.09. The molecule has 0 saturated heterocycles. The summed E-state index contributed by atoms with van der Waals surface area (Å²) in [5.41, 5.74) is 1.51. The van der Waals surface area contributed by atoms with Crippen molar-refractivity contribution in [2.45, 2.75) is 0 Å². The second-order valence-corrected chi connectivity index (χ2v) is 4.73. The molecular formula is C15H13ClN2O3. The van der Waals surface area contributed by atoms with Gasteiger partial charge in [0.2, 0.25) is 5.91 Å². The summed E-state index contributed by atoms with van der Waals surface area (Å²) in [5.74, 6) is -1.23. The molecule has 6 heteroatoms. The lowest BCUT2D eigenvalue weighted by Crippen LogP contribution is -2.21. The maximum atomic E-state index is 11.8. The summed E-state index contributed by atoms with van der Waals surface area (Å²) in [4.78, 5) is 22.5. The minimum Gasteiger partial charge on any atom is -0.478 e. The Morgan fingerprint density at radius 1 is 0.952 bits per heavy atom. The van der Waals surface area contributed by atoms with Gasteiger partial charge in [0, 0.05) is 16.4 Å². The molecule has 0 atom stereocenters. The lowest BCUT2D eigenvalue weighted by molar-refractivity contribution is -0.114. The number of amides is 1. The fraction of sp³-hybridized carbons (Fsp3) is 0.0667. The van der Waals surface area contributed by atoms with Crippen molar-refractivity contribution in [2.75, 3.05) is 17.2 Å². The third kappa shape index (κ3) is 4.50. The summed E-state index contributed by atoms with van der Waals surface area (Å²) >= 11 is 5.77. The van der Waals surface area contributed by atoms with E-state index in [4.69, 9.17) is 16.7 Å². The van der Waals surface area contributed by atoms with Crippen LogP contribution in [0.15, 0.2) is 48.5 Å². The van der Waals surface area contributed by atoms with Crippen molar-refractivity contribution in [1.29, 1.82) is 0 Å². The van der Waals surface area contributed by atoms with E-state index in [-0.39, 0.29) is 18.0 Å². The van der Waals surface area contributed by atoms with Crippen molar-refractivity contribution in [1.82, 2.24) is 0 Å². The van der Waals surface area contributed by atoms with E-state index in [9.17, 15) is 9.59 Å². The molecule has 1 amide bonds. The monoisotopic (exact) mass is 304 g/mol. The molecule has 21 heavy (non-hydrogen) atoms. The molecule has 3 N–H and O–H groups in total. The van der Waals surface area contributed by atoms with Crippen LogP contribution in [0.4, 0.5) is 11.4 Å². The number of anilines is 2. The summed E-state index contributed by atoms with van der Waals surface area (Å²) < 4.78 is 0. The van der Waals surface area contributed by atoms with E-state index in [1.54, 1.807) is 36.4 Å². The average Bonchev–Trinajstić information content (AvgIpc) is 2.47. The lowest BCUT2D eigenvalue weighted by Gasteiger charge is -2.08. The highest BCUT2D eigenvalue weighted by Gasteiger charge is 2.05. The van der Waals surface area contributed by atoms with E-state index < -0.39 is 5.97 Å². The highest BCUT2D eigenvalue weighted by molar-refractivity contribution is 6.30. The van der Waals surface area contributed by atoms with Crippen molar-refractivity contribution in [3.8, 4) is 0 Å². The van der Waals surface area contributed by atoms with Crippen molar-refractivity contribution in [3.05, 3.63) is 59.1 Å². The first-order valence-electron chi connectivity index (χ1n) is 6.17. The van der Waals surface area contributed by atoms with Gasteiger partial charge in [0.1, 0.15) is 0 Å². The largest absolute Gasteiger partial charge is 0.478 e. The number of carboxylic acids is 1. The minimum absolute atomic E-state index is 0.0995. The van der Waals surface area contributed by atoms with E-state index in [1.165, 1.54) is 12.1 Å². The molecule has 0 aliphatic heterocycles. The third-order valence-electron chi connectivity index (χ3n) is 2.71. The van der Waals surface area contributed by atoms with Crippen LogP contribution in [0, 0.1) is 0 Å². The van der Waals surface area contributed by atoms with Crippen LogP contribution in [0.3, 0.4) is 0 Å². The number of halogens is 1. The number of nitrogens with one attached hydrogen (secondary N) is 2. The van der Waals surface area contributed by atoms with Gasteiger partial charge in [-0.3, -0.25) is 4.79 Å². The summed E-state index contributed by atoms with van der Waals surface area (Å²) in [6, 6.07) is 13.0. The molecule has 0 spiro atoms. The van der Waals surface area contributed by atoms with Crippen molar-refractivity contribution in [2.24, 2.45) is 0 Å². The Hall–Kier alpha value is -2.53. The van der Waals surface area contributed by atoms with Crippen LogP contribution in [0.1, 0.15) is 10.4 Å². The molecule has 2 aromatic carbocycles. The van der Waals surface area contributed by atoms with Gasteiger partial charge in [-0.25, -0.2) is 4.79 Å². The van der Waals surface area contributed by atoms with E-state index in [0.29, 0.717) is 10.7 Å². The second kappa shape index (κ2) is 6.76. The highest BCUT2D eigenvalue weighted by Crippen LogP contribution is 2.13. The Labute approximate surface area is 126 Å². The zero-order chi connectivity index (χ0) is 15.2. The number of benzene rings is 2. The van der Waals surface area contributed by atoms with Crippen LogP contribution in [0.25, 0.3) is 0 Å². The molecule has 0 heterocycles. The van der Waals surface area contributed by atoms with E-state index in [2.05, 4.69) is 10.6 Å². The third-order valence-corrected chi connectivity index (χ3v) is 2.96. The summed E-state index contributed by atoms with van der Waals surface area (Å²) in [7, 11) is 0. The molecule has 2 aromatic rings. The molecule has 0 aliphatic carbocycles. The second-order valence-electron chi connectivity index (χ2n) is 4.29. The van der Waals surface area contributed by atoms with E-state index in [0.717, 1.165) is 5.69 Å². The first kappa shape index (κ1) is 14.9. The standard InChI is InChI=1S/C15H13ClN2O3/c16-11-3-7-12(8-4-11)17-9-14(19)18-13-5-1-10(2-6-13)15(20)21/h1-8,17H,9H2,(H,18,19)(H,20,21). The first-order chi connectivity index (χ1) is 10.0. The smallest absolute Gasteiger partial charge is 0.335 e. The zero-order valence-electron chi connectivity index (χ0n) is 11.0. The number of carbonyl (C=O) groups excluding carboxylic acids is 1. The molecule has 5 nitrogen and oxygen atoms in total. The summed E-state index contributed by atoms with van der Waals surface area (Å²) in [5, 5.41) is 15.0. The molecule has 0 unspecified atom stereocenters. The van der Waals surface area contributed by atoms with Crippen LogP contribution in [0.2, 0.25) is 5.02 Å². The predicted molar refractivity (Wildman–Crippen MR) is 82.0 cm³/mol. The topological polar surface area (TPSA) is 78.4 Å². The number of rotatable bonds is 5. The van der Waals surface area contributed by atoms with Gasteiger partial charge < -0.3 is 15.7 Å². The Balaban J connectivity index is 1.86. The first-order valence-corrected chi connectivity index (χ1v) is 6.55. The fourth-order valence-electron chi connectivity index (χ4n) is 1.65. The number of aromatic carboxylic acids is 1. The van der Waals surface area contributed by atoms with Crippen molar-refractivity contribution in [3.63, 3.8) is 0 Å². The highest BCUT2D eigenvalue weighted by atomic mass is 35.5. The molecular weight excluding hydrogens is 292 g/mol. The minimum atomic E-state index is -1.00. The van der Waals surface area contributed by atoms with Gasteiger partial charge in [-0.15, -0.1) is 0 Å². The Bertz CT molecular complexity index is 639. The molecule has 0 saturated carbocycles. The zero-order valence-corrected chi connectivity index (χ0v) is 11.7. The molecule has 0 radical (unpaired) electrons. The van der Waals surface area contributed by atoms with Gasteiger partial charge in [0.25, 0.3) is 0 Å². The van der Waals surface area contributed by atoms with Gasteiger partial charge in [-0.1, -0.05) is 11.6 Å².